The second-order valence-corrected chi connectivity index (χ2v) is 6.16. The summed E-state index contributed by atoms with van der Waals surface area (Å²) in [5.74, 6) is 0.837. The van der Waals surface area contributed by atoms with Gasteiger partial charge in [0, 0.05) is 32.2 Å². The van der Waals surface area contributed by atoms with Gasteiger partial charge in [-0.05, 0) is 44.0 Å². The molecule has 2 saturated heterocycles. The van der Waals surface area contributed by atoms with Gasteiger partial charge >= 0.3 is 0 Å². The van der Waals surface area contributed by atoms with Crippen molar-refractivity contribution in [3.63, 3.8) is 0 Å². The highest BCUT2D eigenvalue weighted by molar-refractivity contribution is 5.41. The summed E-state index contributed by atoms with van der Waals surface area (Å²) in [5.41, 5.74) is 1.22. The van der Waals surface area contributed by atoms with Crippen LogP contribution in [-0.4, -0.2) is 53.7 Å². The van der Waals surface area contributed by atoms with E-state index >= 15 is 0 Å². The Kier molecular flexibility index (Phi) is 4.66. The van der Waals surface area contributed by atoms with Crippen molar-refractivity contribution in [1.82, 2.24) is 9.80 Å². The first-order valence-electron chi connectivity index (χ1n) is 8.17. The number of rotatable bonds is 4. The molecule has 1 aromatic rings. The molecule has 2 fully saturated rings. The van der Waals surface area contributed by atoms with Crippen LogP contribution in [-0.2, 0) is 6.54 Å². The second kappa shape index (κ2) is 6.67. The molecule has 0 aromatic heterocycles. The van der Waals surface area contributed by atoms with E-state index in [4.69, 9.17) is 4.74 Å². The molecule has 116 valence electrons. The highest BCUT2D eigenvalue weighted by atomic mass is 16.5. The van der Waals surface area contributed by atoms with Gasteiger partial charge in [-0.1, -0.05) is 12.5 Å². The van der Waals surface area contributed by atoms with Gasteiger partial charge in [-0.25, -0.2) is 0 Å². The molecule has 2 aliphatic heterocycles. The summed E-state index contributed by atoms with van der Waals surface area (Å²) >= 11 is 0. The fraction of sp³-hybridized carbons (Fsp3) is 0.647. The van der Waals surface area contributed by atoms with Crippen LogP contribution >= 0.6 is 0 Å². The molecule has 3 rings (SSSR count). The van der Waals surface area contributed by atoms with Crippen molar-refractivity contribution in [2.24, 2.45) is 0 Å². The molecule has 21 heavy (non-hydrogen) atoms. The average molecular weight is 290 g/mol. The molecule has 0 saturated carbocycles. The zero-order valence-corrected chi connectivity index (χ0v) is 12.9. The Morgan fingerprint density at radius 2 is 2.14 bits per heavy atom. The highest BCUT2D eigenvalue weighted by Crippen LogP contribution is 2.28. The van der Waals surface area contributed by atoms with Crippen LogP contribution in [0, 0.1) is 0 Å². The van der Waals surface area contributed by atoms with Gasteiger partial charge in [-0.2, -0.15) is 0 Å². The molecule has 2 heterocycles. The summed E-state index contributed by atoms with van der Waals surface area (Å²) in [5, 5.41) is 9.78. The van der Waals surface area contributed by atoms with Crippen molar-refractivity contribution in [3.8, 4) is 11.5 Å². The number of benzene rings is 1. The van der Waals surface area contributed by atoms with Gasteiger partial charge in [0.1, 0.15) is 0 Å². The van der Waals surface area contributed by atoms with E-state index in [-0.39, 0.29) is 5.75 Å². The molecule has 4 nitrogen and oxygen atoms in total. The lowest BCUT2D eigenvalue weighted by Gasteiger charge is -2.44. The van der Waals surface area contributed by atoms with Gasteiger partial charge in [-0.3, -0.25) is 9.80 Å². The van der Waals surface area contributed by atoms with Crippen LogP contribution < -0.4 is 4.74 Å². The molecular weight excluding hydrogens is 264 g/mol. The van der Waals surface area contributed by atoms with E-state index in [0.29, 0.717) is 12.4 Å². The minimum Gasteiger partial charge on any atom is -0.504 e. The Morgan fingerprint density at radius 1 is 1.24 bits per heavy atom. The Bertz CT molecular complexity index is 478. The van der Waals surface area contributed by atoms with Crippen molar-refractivity contribution in [2.45, 2.75) is 38.8 Å². The Labute approximate surface area is 127 Å². The first-order valence-corrected chi connectivity index (χ1v) is 8.17. The van der Waals surface area contributed by atoms with E-state index in [1.54, 1.807) is 6.07 Å². The maximum absolute atomic E-state index is 9.78. The van der Waals surface area contributed by atoms with Gasteiger partial charge in [0.2, 0.25) is 0 Å². The molecule has 1 N–H and O–H groups in total. The van der Waals surface area contributed by atoms with Crippen LogP contribution in [0.25, 0.3) is 0 Å². The quantitative estimate of drug-likeness (QED) is 0.924. The van der Waals surface area contributed by atoms with Gasteiger partial charge < -0.3 is 9.84 Å². The molecule has 0 amide bonds. The number of piperidine rings is 1. The van der Waals surface area contributed by atoms with Crippen molar-refractivity contribution in [1.29, 1.82) is 0 Å². The van der Waals surface area contributed by atoms with Crippen LogP contribution in [0.2, 0.25) is 0 Å². The summed E-state index contributed by atoms with van der Waals surface area (Å²) in [7, 11) is 0. The predicted octanol–water partition coefficient (Wildman–Crippen LogP) is 2.46. The van der Waals surface area contributed by atoms with E-state index < -0.39 is 0 Å². The first-order chi connectivity index (χ1) is 10.3. The molecule has 4 heteroatoms. The summed E-state index contributed by atoms with van der Waals surface area (Å²) in [6, 6.07) is 6.48. The van der Waals surface area contributed by atoms with Crippen LogP contribution in [0.5, 0.6) is 11.5 Å². The largest absolute Gasteiger partial charge is 0.504 e. The standard InChI is InChI=1S/C17H26N2O2/c1-2-21-17-11-14(6-7-16(17)20)12-18-9-10-19-8-4-3-5-15(19)13-18/h6-7,11,15,20H,2-5,8-10,12-13H2,1H3. The third-order valence-electron chi connectivity index (χ3n) is 4.65. The lowest BCUT2D eigenvalue weighted by molar-refractivity contribution is 0.0456. The number of piperazine rings is 1. The van der Waals surface area contributed by atoms with Crippen molar-refractivity contribution < 1.29 is 9.84 Å². The number of aromatic hydroxyl groups is 1. The molecule has 2 aliphatic rings. The van der Waals surface area contributed by atoms with Gasteiger partial charge in [0.05, 0.1) is 6.61 Å². The SMILES string of the molecule is CCOc1cc(CN2CCN3CCCCC3C2)ccc1O. The molecule has 0 aliphatic carbocycles. The molecule has 1 atom stereocenters. The highest BCUT2D eigenvalue weighted by Gasteiger charge is 2.28. The lowest BCUT2D eigenvalue weighted by Crippen LogP contribution is -2.54. The second-order valence-electron chi connectivity index (χ2n) is 6.16. The van der Waals surface area contributed by atoms with E-state index in [1.165, 1.54) is 44.5 Å². The smallest absolute Gasteiger partial charge is 0.161 e. The first kappa shape index (κ1) is 14.7. The summed E-state index contributed by atoms with van der Waals surface area (Å²) < 4.78 is 5.48. The fourth-order valence-electron chi connectivity index (χ4n) is 3.55. The Balaban J connectivity index is 1.62. The Hall–Kier alpha value is -1.26. The topological polar surface area (TPSA) is 35.9 Å². The molecule has 0 spiro atoms. The summed E-state index contributed by atoms with van der Waals surface area (Å²) in [4.78, 5) is 5.19. The van der Waals surface area contributed by atoms with E-state index in [2.05, 4.69) is 9.80 Å². The van der Waals surface area contributed by atoms with Gasteiger partial charge in [0.15, 0.2) is 11.5 Å². The Morgan fingerprint density at radius 3 is 3.00 bits per heavy atom. The summed E-state index contributed by atoms with van der Waals surface area (Å²) in [6.45, 7) is 8.26. The van der Waals surface area contributed by atoms with E-state index in [9.17, 15) is 5.11 Å². The number of hydrogen-bond donors (Lipinski definition) is 1. The number of ether oxygens (including phenoxy) is 1. The number of phenolic OH excluding ortho intramolecular Hbond substituents is 1. The van der Waals surface area contributed by atoms with Crippen molar-refractivity contribution >= 4 is 0 Å². The minimum atomic E-state index is 0.234. The normalized spacial score (nSPS) is 23.8. The average Bonchev–Trinajstić information content (AvgIpc) is 2.51. The molecule has 0 radical (unpaired) electrons. The number of phenols is 1. The van der Waals surface area contributed by atoms with Gasteiger partial charge in [0.25, 0.3) is 0 Å². The molecule has 1 aromatic carbocycles. The number of fused-ring (bicyclic) bond motifs is 1. The third kappa shape index (κ3) is 3.50. The van der Waals surface area contributed by atoms with Crippen LogP contribution in [0.3, 0.4) is 0 Å². The lowest BCUT2D eigenvalue weighted by atomic mass is 9.99. The van der Waals surface area contributed by atoms with Gasteiger partial charge in [-0.15, -0.1) is 0 Å². The number of nitrogens with zero attached hydrogens (tertiary/aromatic N) is 2. The molecule has 1 unspecified atom stereocenters. The van der Waals surface area contributed by atoms with Crippen LogP contribution in [0.1, 0.15) is 31.7 Å². The zero-order chi connectivity index (χ0) is 14.7. The van der Waals surface area contributed by atoms with Crippen LogP contribution in [0.4, 0.5) is 0 Å². The maximum atomic E-state index is 9.78. The fourth-order valence-corrected chi connectivity index (χ4v) is 3.55. The number of hydrogen-bond acceptors (Lipinski definition) is 4. The molecule has 0 bridgehead atoms. The van der Waals surface area contributed by atoms with Crippen molar-refractivity contribution in [3.05, 3.63) is 23.8 Å². The monoisotopic (exact) mass is 290 g/mol. The molecular formula is C17H26N2O2. The summed E-state index contributed by atoms with van der Waals surface area (Å²) in [6.07, 6.45) is 4.09. The van der Waals surface area contributed by atoms with Crippen LogP contribution in [0.15, 0.2) is 18.2 Å². The third-order valence-corrected chi connectivity index (χ3v) is 4.65. The van der Waals surface area contributed by atoms with Crippen molar-refractivity contribution in [2.75, 3.05) is 32.8 Å². The predicted molar refractivity (Wildman–Crippen MR) is 83.8 cm³/mol. The maximum Gasteiger partial charge on any atom is 0.161 e. The minimum absolute atomic E-state index is 0.234. The van der Waals surface area contributed by atoms with E-state index in [1.807, 2.05) is 19.1 Å². The zero-order valence-electron chi connectivity index (χ0n) is 12.9. The van der Waals surface area contributed by atoms with E-state index in [0.717, 1.165) is 19.1 Å².